The molecule has 2 aromatic rings. The highest BCUT2D eigenvalue weighted by Gasteiger charge is 2.31. The second-order valence-electron chi connectivity index (χ2n) is 5.13. The standard InChI is InChI=1S/C16H18ClN3O2S/c1-4-10-14-13(18-8-23-14)16(20-15(10)17)19-9-5-6-11(21-2)12(7-9)22-3/h5-8,10,15H,4H2,1-3H3,(H,19,20). The summed E-state index contributed by atoms with van der Waals surface area (Å²) in [6.07, 6.45) is 0.941. The summed E-state index contributed by atoms with van der Waals surface area (Å²) in [5, 5.41) is 3.30. The SMILES string of the molecule is CCC1c2scnc2C(Nc2ccc(OC)c(OC)c2)=NC1Cl. The highest BCUT2D eigenvalue weighted by Crippen LogP contribution is 2.37. The molecular weight excluding hydrogens is 334 g/mol. The number of hydrogen-bond donors (Lipinski definition) is 1. The molecule has 0 saturated carbocycles. The first-order valence-corrected chi connectivity index (χ1v) is 8.64. The lowest BCUT2D eigenvalue weighted by atomic mass is 10.00. The minimum absolute atomic E-state index is 0.218. The number of halogens is 1. The second kappa shape index (κ2) is 6.76. The van der Waals surface area contributed by atoms with Crippen LogP contribution in [0.4, 0.5) is 5.69 Å². The molecule has 2 atom stereocenters. The number of hydrogen-bond acceptors (Lipinski definition) is 6. The van der Waals surface area contributed by atoms with Crippen LogP contribution in [0, 0.1) is 0 Å². The van der Waals surface area contributed by atoms with Crippen molar-refractivity contribution >= 4 is 34.5 Å². The van der Waals surface area contributed by atoms with E-state index in [2.05, 4.69) is 22.2 Å². The molecule has 1 N–H and O–H groups in total. The predicted molar refractivity (Wildman–Crippen MR) is 94.5 cm³/mol. The number of fused-ring (bicyclic) bond motifs is 1. The molecule has 0 spiro atoms. The van der Waals surface area contributed by atoms with Crippen LogP contribution in [0.1, 0.15) is 29.8 Å². The lowest BCUT2D eigenvalue weighted by molar-refractivity contribution is 0.355. The Kier molecular flexibility index (Phi) is 4.73. The van der Waals surface area contributed by atoms with Crippen molar-refractivity contribution in [3.63, 3.8) is 0 Å². The molecule has 1 aromatic carbocycles. The number of aromatic nitrogens is 1. The summed E-state index contributed by atoms with van der Waals surface area (Å²) in [6, 6.07) is 5.62. The Morgan fingerprint density at radius 3 is 2.74 bits per heavy atom. The Bertz CT molecular complexity index is 732. The zero-order valence-electron chi connectivity index (χ0n) is 13.2. The third-order valence-electron chi connectivity index (χ3n) is 3.83. The van der Waals surface area contributed by atoms with Gasteiger partial charge in [0.15, 0.2) is 17.3 Å². The summed E-state index contributed by atoms with van der Waals surface area (Å²) in [4.78, 5) is 10.2. The number of nitrogens with zero attached hydrogens (tertiary/aromatic N) is 2. The maximum Gasteiger partial charge on any atom is 0.162 e. The molecule has 7 heteroatoms. The zero-order chi connectivity index (χ0) is 16.4. The van der Waals surface area contributed by atoms with E-state index in [-0.39, 0.29) is 11.4 Å². The number of thiazole rings is 1. The van der Waals surface area contributed by atoms with Crippen LogP contribution < -0.4 is 14.8 Å². The molecule has 0 radical (unpaired) electrons. The van der Waals surface area contributed by atoms with E-state index in [1.54, 1.807) is 25.6 Å². The highest BCUT2D eigenvalue weighted by atomic mass is 35.5. The molecule has 0 bridgehead atoms. The molecule has 23 heavy (non-hydrogen) atoms. The second-order valence-corrected chi connectivity index (χ2v) is 6.46. The van der Waals surface area contributed by atoms with Crippen LogP contribution in [0.25, 0.3) is 0 Å². The van der Waals surface area contributed by atoms with E-state index in [1.807, 2.05) is 23.7 Å². The molecule has 5 nitrogen and oxygen atoms in total. The van der Waals surface area contributed by atoms with Crippen molar-refractivity contribution in [3.05, 3.63) is 34.3 Å². The summed E-state index contributed by atoms with van der Waals surface area (Å²) in [5.74, 6) is 2.24. The largest absolute Gasteiger partial charge is 0.493 e. The molecule has 3 rings (SSSR count). The molecule has 0 saturated heterocycles. The normalized spacial score (nSPS) is 19.7. The number of ether oxygens (including phenoxy) is 2. The van der Waals surface area contributed by atoms with Gasteiger partial charge in [-0.3, -0.25) is 0 Å². The molecular formula is C16H18ClN3O2S. The smallest absolute Gasteiger partial charge is 0.162 e. The van der Waals surface area contributed by atoms with Crippen LogP contribution >= 0.6 is 22.9 Å². The number of aliphatic imine (C=N–C) groups is 1. The number of anilines is 1. The van der Waals surface area contributed by atoms with Crippen LogP contribution in [0.5, 0.6) is 11.5 Å². The van der Waals surface area contributed by atoms with E-state index >= 15 is 0 Å². The first-order chi connectivity index (χ1) is 11.2. The van der Waals surface area contributed by atoms with Gasteiger partial charge in [0, 0.05) is 22.5 Å². The lowest BCUT2D eigenvalue weighted by Crippen LogP contribution is -2.26. The molecule has 1 aliphatic rings. The van der Waals surface area contributed by atoms with Crippen LogP contribution in [0.2, 0.25) is 0 Å². The number of alkyl halides is 1. The fourth-order valence-corrected chi connectivity index (χ4v) is 4.10. The maximum atomic E-state index is 6.44. The van der Waals surface area contributed by atoms with Crippen molar-refractivity contribution < 1.29 is 9.47 Å². The minimum Gasteiger partial charge on any atom is -0.493 e. The molecule has 1 aliphatic heterocycles. The number of amidine groups is 1. The van der Waals surface area contributed by atoms with Gasteiger partial charge in [-0.15, -0.1) is 11.3 Å². The van der Waals surface area contributed by atoms with Crippen molar-refractivity contribution in [3.8, 4) is 11.5 Å². The van der Waals surface area contributed by atoms with Crippen molar-refractivity contribution in [1.29, 1.82) is 0 Å². The highest BCUT2D eigenvalue weighted by molar-refractivity contribution is 7.10. The Balaban J connectivity index is 1.92. The van der Waals surface area contributed by atoms with E-state index in [0.717, 1.165) is 17.8 Å². The lowest BCUT2D eigenvalue weighted by Gasteiger charge is -2.24. The molecule has 0 fully saturated rings. The molecule has 122 valence electrons. The average Bonchev–Trinajstić information content (AvgIpc) is 3.04. The average molecular weight is 352 g/mol. The van der Waals surface area contributed by atoms with Gasteiger partial charge in [-0.05, 0) is 18.6 Å². The number of benzene rings is 1. The van der Waals surface area contributed by atoms with E-state index in [0.29, 0.717) is 17.3 Å². The minimum atomic E-state index is -0.282. The van der Waals surface area contributed by atoms with Crippen LogP contribution in [-0.4, -0.2) is 30.5 Å². The monoisotopic (exact) mass is 351 g/mol. The Hall–Kier alpha value is -1.79. The topological polar surface area (TPSA) is 55.7 Å². The van der Waals surface area contributed by atoms with Crippen LogP contribution in [0.15, 0.2) is 28.7 Å². The summed E-state index contributed by atoms with van der Waals surface area (Å²) in [5.41, 5.74) is 3.29. The summed E-state index contributed by atoms with van der Waals surface area (Å²) in [6.45, 7) is 2.12. The molecule has 2 unspecified atom stereocenters. The van der Waals surface area contributed by atoms with E-state index in [4.69, 9.17) is 21.1 Å². The van der Waals surface area contributed by atoms with Gasteiger partial charge in [0.2, 0.25) is 0 Å². The fourth-order valence-electron chi connectivity index (χ4n) is 2.62. The third-order valence-corrected chi connectivity index (χ3v) is 5.19. The van der Waals surface area contributed by atoms with Crippen LogP contribution in [-0.2, 0) is 0 Å². The quantitative estimate of drug-likeness (QED) is 0.665. The molecule has 0 amide bonds. The maximum absolute atomic E-state index is 6.44. The van der Waals surface area contributed by atoms with Gasteiger partial charge in [-0.1, -0.05) is 18.5 Å². The Labute approximate surface area is 144 Å². The van der Waals surface area contributed by atoms with Gasteiger partial charge in [-0.25, -0.2) is 9.98 Å². The van der Waals surface area contributed by atoms with Crippen molar-refractivity contribution in [2.45, 2.75) is 24.8 Å². The van der Waals surface area contributed by atoms with Crippen molar-refractivity contribution in [2.24, 2.45) is 4.99 Å². The first-order valence-electron chi connectivity index (χ1n) is 7.32. The van der Waals surface area contributed by atoms with Crippen LogP contribution in [0.3, 0.4) is 0 Å². The predicted octanol–water partition coefficient (Wildman–Crippen LogP) is 4.09. The summed E-state index contributed by atoms with van der Waals surface area (Å²) < 4.78 is 10.6. The van der Waals surface area contributed by atoms with Gasteiger partial charge in [0.1, 0.15) is 11.2 Å². The molecule has 2 heterocycles. The van der Waals surface area contributed by atoms with Crippen molar-refractivity contribution in [1.82, 2.24) is 4.98 Å². The zero-order valence-corrected chi connectivity index (χ0v) is 14.7. The summed E-state index contributed by atoms with van der Waals surface area (Å²) in [7, 11) is 3.22. The van der Waals surface area contributed by atoms with Gasteiger partial charge < -0.3 is 14.8 Å². The third kappa shape index (κ3) is 3.01. The number of nitrogens with one attached hydrogen (secondary N) is 1. The van der Waals surface area contributed by atoms with E-state index in [1.165, 1.54) is 4.88 Å². The fraction of sp³-hybridized carbons (Fsp3) is 0.375. The number of rotatable bonds is 4. The van der Waals surface area contributed by atoms with Gasteiger partial charge in [0.05, 0.1) is 19.7 Å². The summed E-state index contributed by atoms with van der Waals surface area (Å²) >= 11 is 8.07. The molecule has 1 aromatic heterocycles. The van der Waals surface area contributed by atoms with E-state index in [9.17, 15) is 0 Å². The van der Waals surface area contributed by atoms with E-state index < -0.39 is 0 Å². The Morgan fingerprint density at radius 1 is 1.26 bits per heavy atom. The van der Waals surface area contributed by atoms with Gasteiger partial charge in [-0.2, -0.15) is 0 Å². The Morgan fingerprint density at radius 2 is 2.04 bits per heavy atom. The first kappa shape index (κ1) is 16.1. The number of methoxy groups -OCH3 is 2. The van der Waals surface area contributed by atoms with Gasteiger partial charge >= 0.3 is 0 Å². The molecule has 0 aliphatic carbocycles. The van der Waals surface area contributed by atoms with Crippen molar-refractivity contribution in [2.75, 3.05) is 19.5 Å². The van der Waals surface area contributed by atoms with Gasteiger partial charge in [0.25, 0.3) is 0 Å².